The van der Waals surface area contributed by atoms with Crippen LogP contribution in [0.3, 0.4) is 0 Å². The van der Waals surface area contributed by atoms with Crippen LogP contribution < -0.4 is 5.32 Å². The van der Waals surface area contributed by atoms with E-state index >= 15 is 0 Å². The van der Waals surface area contributed by atoms with Crippen LogP contribution >= 0.6 is 22.6 Å². The zero-order valence-electron chi connectivity index (χ0n) is 9.56. The second kappa shape index (κ2) is 5.37. The van der Waals surface area contributed by atoms with Gasteiger partial charge in [0, 0.05) is 16.2 Å². The lowest BCUT2D eigenvalue weighted by molar-refractivity contribution is -0.384. The van der Waals surface area contributed by atoms with Crippen molar-refractivity contribution in [3.8, 4) is 0 Å². The van der Waals surface area contributed by atoms with E-state index in [1.54, 1.807) is 12.1 Å². The molecule has 1 saturated heterocycles. The molecule has 0 amide bonds. The number of hydrogen-bond donors (Lipinski definition) is 2. The first-order chi connectivity index (χ1) is 8.56. The summed E-state index contributed by atoms with van der Waals surface area (Å²) in [6, 6.07) is 5.01. The van der Waals surface area contributed by atoms with E-state index in [9.17, 15) is 15.2 Å². The third-order valence-corrected chi connectivity index (χ3v) is 3.63. The van der Waals surface area contributed by atoms with Crippen LogP contribution in [0.25, 0.3) is 0 Å². The van der Waals surface area contributed by atoms with Crippen LogP contribution in [0.5, 0.6) is 0 Å². The summed E-state index contributed by atoms with van der Waals surface area (Å²) in [6.45, 7) is 1.44. The number of ether oxygens (including phenoxy) is 1. The Labute approximate surface area is 118 Å². The normalized spacial score (nSPS) is 17.0. The first-order valence-corrected chi connectivity index (χ1v) is 6.51. The molecule has 0 saturated carbocycles. The number of aliphatic hydroxyl groups is 1. The quantitative estimate of drug-likeness (QED) is 0.471. The third kappa shape index (κ3) is 2.73. The Bertz CT molecular complexity index is 457. The van der Waals surface area contributed by atoms with Crippen molar-refractivity contribution in [2.45, 2.75) is 0 Å². The summed E-state index contributed by atoms with van der Waals surface area (Å²) in [5.74, 6) is 0. The molecule has 1 aliphatic rings. The van der Waals surface area contributed by atoms with Gasteiger partial charge in [-0.2, -0.15) is 0 Å². The van der Waals surface area contributed by atoms with Gasteiger partial charge in [0.05, 0.1) is 30.2 Å². The molecule has 1 heterocycles. The van der Waals surface area contributed by atoms with Gasteiger partial charge < -0.3 is 15.2 Å². The highest BCUT2D eigenvalue weighted by Gasteiger charge is 2.38. The van der Waals surface area contributed by atoms with Crippen molar-refractivity contribution in [1.29, 1.82) is 0 Å². The fourth-order valence-electron chi connectivity index (χ4n) is 1.73. The first kappa shape index (κ1) is 13.5. The number of nitrogens with zero attached hydrogens (tertiary/aromatic N) is 1. The predicted molar refractivity (Wildman–Crippen MR) is 74.6 cm³/mol. The molecule has 0 radical (unpaired) electrons. The lowest BCUT2D eigenvalue weighted by Gasteiger charge is -2.40. The minimum Gasteiger partial charge on any atom is -0.396 e. The van der Waals surface area contributed by atoms with Crippen molar-refractivity contribution in [3.05, 3.63) is 31.9 Å². The molecule has 6 nitrogen and oxygen atoms in total. The smallest absolute Gasteiger partial charge is 0.293 e. The molecule has 0 bridgehead atoms. The van der Waals surface area contributed by atoms with Gasteiger partial charge in [-0.15, -0.1) is 0 Å². The Morgan fingerprint density at radius 3 is 2.78 bits per heavy atom. The van der Waals surface area contributed by atoms with E-state index in [4.69, 9.17) is 4.74 Å². The summed E-state index contributed by atoms with van der Waals surface area (Å²) in [5.41, 5.74) is 0.215. The molecule has 2 rings (SSSR count). The van der Waals surface area contributed by atoms with E-state index in [0.29, 0.717) is 25.4 Å². The standard InChI is InChI=1S/C11H13IN2O4/c12-8-1-2-9(10(3-8)14(16)17)13-4-11(5-15)6-18-7-11/h1-3,13,15H,4-7H2. The molecular weight excluding hydrogens is 351 g/mol. The summed E-state index contributed by atoms with van der Waals surface area (Å²) < 4.78 is 5.89. The van der Waals surface area contributed by atoms with Crippen molar-refractivity contribution in [1.82, 2.24) is 0 Å². The van der Waals surface area contributed by atoms with Gasteiger partial charge in [-0.3, -0.25) is 10.1 Å². The first-order valence-electron chi connectivity index (χ1n) is 5.43. The lowest BCUT2D eigenvalue weighted by Crippen LogP contribution is -2.50. The number of nitro benzene ring substituents is 1. The largest absolute Gasteiger partial charge is 0.396 e. The Kier molecular flexibility index (Phi) is 4.03. The SMILES string of the molecule is O=[N+]([O-])c1cc(I)ccc1NCC1(CO)COC1. The number of halogens is 1. The van der Waals surface area contributed by atoms with Crippen LogP contribution in [0.15, 0.2) is 18.2 Å². The summed E-state index contributed by atoms with van der Waals surface area (Å²) in [4.78, 5) is 10.5. The van der Waals surface area contributed by atoms with Gasteiger partial charge in [0.2, 0.25) is 0 Å². The van der Waals surface area contributed by atoms with Gasteiger partial charge in [-0.1, -0.05) is 0 Å². The zero-order chi connectivity index (χ0) is 13.2. The van der Waals surface area contributed by atoms with E-state index in [1.807, 2.05) is 22.6 Å². The average molecular weight is 364 g/mol. The summed E-state index contributed by atoms with van der Waals surface area (Å²) in [6.07, 6.45) is 0. The van der Waals surface area contributed by atoms with Crippen molar-refractivity contribution < 1.29 is 14.8 Å². The number of nitro groups is 1. The number of benzene rings is 1. The summed E-state index contributed by atoms with van der Waals surface area (Å²) in [7, 11) is 0. The van der Waals surface area contributed by atoms with Crippen LogP contribution in [0.4, 0.5) is 11.4 Å². The van der Waals surface area contributed by atoms with Crippen LogP contribution in [0.1, 0.15) is 0 Å². The van der Waals surface area contributed by atoms with E-state index in [0.717, 1.165) is 3.57 Å². The number of nitrogens with one attached hydrogen (secondary N) is 1. The highest BCUT2D eigenvalue weighted by molar-refractivity contribution is 14.1. The van der Waals surface area contributed by atoms with Crippen LogP contribution in [0.2, 0.25) is 0 Å². The second-order valence-electron chi connectivity index (χ2n) is 4.42. The minimum atomic E-state index is -0.409. The minimum absolute atomic E-state index is 0.0121. The molecule has 18 heavy (non-hydrogen) atoms. The van der Waals surface area contributed by atoms with Crippen molar-refractivity contribution in [2.24, 2.45) is 5.41 Å². The van der Waals surface area contributed by atoms with Gasteiger partial charge in [0.25, 0.3) is 5.69 Å². The van der Waals surface area contributed by atoms with E-state index < -0.39 is 4.92 Å². The number of hydrogen-bond acceptors (Lipinski definition) is 5. The van der Waals surface area contributed by atoms with Gasteiger partial charge >= 0.3 is 0 Å². The highest BCUT2D eigenvalue weighted by atomic mass is 127. The molecule has 2 N–H and O–H groups in total. The molecule has 7 heteroatoms. The monoisotopic (exact) mass is 364 g/mol. The van der Waals surface area contributed by atoms with Gasteiger partial charge in [0.1, 0.15) is 5.69 Å². The molecular formula is C11H13IN2O4. The molecule has 0 atom stereocenters. The Hall–Kier alpha value is -0.930. The maximum atomic E-state index is 10.9. The maximum absolute atomic E-state index is 10.9. The van der Waals surface area contributed by atoms with E-state index in [2.05, 4.69) is 5.32 Å². The molecule has 0 spiro atoms. The zero-order valence-corrected chi connectivity index (χ0v) is 11.7. The van der Waals surface area contributed by atoms with E-state index in [-0.39, 0.29) is 17.7 Å². The summed E-state index contributed by atoms with van der Waals surface area (Å²) >= 11 is 2.03. The predicted octanol–water partition coefficient (Wildman–Crippen LogP) is 1.62. The molecule has 0 aliphatic carbocycles. The molecule has 1 aromatic carbocycles. The Morgan fingerprint density at radius 2 is 2.28 bits per heavy atom. The summed E-state index contributed by atoms with van der Waals surface area (Å²) in [5, 5.41) is 23.3. The van der Waals surface area contributed by atoms with Crippen LogP contribution in [-0.2, 0) is 4.74 Å². The fraction of sp³-hybridized carbons (Fsp3) is 0.455. The number of aliphatic hydroxyl groups excluding tert-OH is 1. The molecule has 0 unspecified atom stereocenters. The van der Waals surface area contributed by atoms with E-state index in [1.165, 1.54) is 6.07 Å². The van der Waals surface area contributed by atoms with Gasteiger partial charge in [0.15, 0.2) is 0 Å². The Balaban J connectivity index is 2.11. The second-order valence-corrected chi connectivity index (χ2v) is 5.67. The number of rotatable bonds is 5. The van der Waals surface area contributed by atoms with Crippen LogP contribution in [-0.4, -0.2) is 36.4 Å². The van der Waals surface area contributed by atoms with Crippen LogP contribution in [0, 0.1) is 19.1 Å². The maximum Gasteiger partial charge on any atom is 0.293 e. The average Bonchev–Trinajstić information content (AvgIpc) is 2.29. The fourth-order valence-corrected chi connectivity index (χ4v) is 2.20. The lowest BCUT2D eigenvalue weighted by atomic mass is 9.87. The van der Waals surface area contributed by atoms with Crippen molar-refractivity contribution in [2.75, 3.05) is 31.7 Å². The van der Waals surface area contributed by atoms with Gasteiger partial charge in [-0.05, 0) is 34.7 Å². The van der Waals surface area contributed by atoms with Gasteiger partial charge in [-0.25, -0.2) is 0 Å². The molecule has 1 aliphatic heterocycles. The molecule has 1 fully saturated rings. The highest BCUT2D eigenvalue weighted by Crippen LogP contribution is 2.30. The molecule has 0 aromatic heterocycles. The molecule has 98 valence electrons. The molecule has 1 aromatic rings. The van der Waals surface area contributed by atoms with Crippen molar-refractivity contribution >= 4 is 34.0 Å². The Morgan fingerprint density at radius 1 is 1.56 bits per heavy atom. The topological polar surface area (TPSA) is 84.6 Å². The van der Waals surface area contributed by atoms with Crippen molar-refractivity contribution in [3.63, 3.8) is 0 Å². The third-order valence-electron chi connectivity index (χ3n) is 2.96. The number of anilines is 1.